The van der Waals surface area contributed by atoms with E-state index in [9.17, 15) is 18.4 Å². The van der Waals surface area contributed by atoms with Gasteiger partial charge in [-0.15, -0.1) is 11.3 Å². The van der Waals surface area contributed by atoms with Crippen molar-refractivity contribution < 1.29 is 27.8 Å². The molecule has 1 aromatic heterocycles. The van der Waals surface area contributed by atoms with E-state index in [4.69, 9.17) is 9.47 Å². The van der Waals surface area contributed by atoms with E-state index in [0.717, 1.165) is 31.7 Å². The number of carbonyl (C=O) groups is 2. The van der Waals surface area contributed by atoms with Gasteiger partial charge in [-0.05, 0) is 92.4 Å². The summed E-state index contributed by atoms with van der Waals surface area (Å²) in [6, 6.07) is 15.6. The van der Waals surface area contributed by atoms with Gasteiger partial charge < -0.3 is 19.7 Å². The van der Waals surface area contributed by atoms with Crippen molar-refractivity contribution in [2.75, 3.05) is 38.7 Å². The van der Waals surface area contributed by atoms with Gasteiger partial charge in [0.15, 0.2) is 5.75 Å². The molecule has 9 heteroatoms. The number of nitrogens with zero attached hydrogens (tertiary/aromatic N) is 1. The molecule has 2 heterocycles. The van der Waals surface area contributed by atoms with Crippen LogP contribution in [-0.2, 0) is 4.74 Å². The average molecular weight is 579 g/mol. The normalized spacial score (nSPS) is 15.3. The molecule has 0 saturated carbocycles. The van der Waals surface area contributed by atoms with Crippen molar-refractivity contribution in [1.82, 2.24) is 4.90 Å². The van der Waals surface area contributed by atoms with Gasteiger partial charge in [-0.3, -0.25) is 9.18 Å². The number of carbonyl (C=O) groups excluding carboxylic acids is 2. The number of alkyl halides is 1. The molecule has 214 valence electrons. The summed E-state index contributed by atoms with van der Waals surface area (Å²) < 4.78 is 38.4. The first kappa shape index (κ1) is 28.7. The second-order valence-electron chi connectivity index (χ2n) is 10.3. The highest BCUT2D eigenvalue weighted by atomic mass is 32.1. The highest BCUT2D eigenvalue weighted by Gasteiger charge is 2.26. The molecule has 4 aromatic rings. The van der Waals surface area contributed by atoms with Crippen LogP contribution in [0.1, 0.15) is 49.6 Å². The lowest BCUT2D eigenvalue weighted by molar-refractivity contribution is 0.0600. The highest BCUT2D eigenvalue weighted by molar-refractivity contribution is 7.21. The number of thiophene rings is 1. The monoisotopic (exact) mass is 578 g/mol. The Morgan fingerprint density at radius 3 is 2.49 bits per heavy atom. The molecule has 1 saturated heterocycles. The smallest absolute Gasteiger partial charge is 0.337 e. The Morgan fingerprint density at radius 2 is 1.80 bits per heavy atom. The van der Waals surface area contributed by atoms with Crippen LogP contribution >= 0.6 is 11.3 Å². The van der Waals surface area contributed by atoms with Gasteiger partial charge in [-0.2, -0.15) is 0 Å². The number of ketones is 1. The number of nitrogens with one attached hydrogen (secondary N) is 1. The molecule has 1 aliphatic rings. The summed E-state index contributed by atoms with van der Waals surface area (Å²) in [4.78, 5) is 28.7. The number of likely N-dealkylation sites (tertiary alicyclic amines) is 1. The third kappa shape index (κ3) is 6.26. The molecule has 0 unspecified atom stereocenters. The fourth-order valence-electron chi connectivity index (χ4n) is 5.36. The Labute approximate surface area is 241 Å². The Hall–Kier alpha value is -3.82. The first-order valence-electron chi connectivity index (χ1n) is 13.6. The second-order valence-corrected chi connectivity index (χ2v) is 11.4. The van der Waals surface area contributed by atoms with E-state index in [2.05, 4.69) is 10.2 Å². The van der Waals surface area contributed by atoms with Gasteiger partial charge in [0.05, 0.1) is 19.3 Å². The minimum Gasteiger partial charge on any atom is -0.465 e. The van der Waals surface area contributed by atoms with E-state index in [1.54, 1.807) is 32.0 Å². The summed E-state index contributed by atoms with van der Waals surface area (Å²) >= 11 is 1.22. The fraction of sp³-hybridized carbons (Fsp3) is 0.312. The number of fused-ring (bicyclic) bond motifs is 1. The van der Waals surface area contributed by atoms with Crippen LogP contribution in [0.3, 0.4) is 0 Å². The molecule has 0 bridgehead atoms. The number of rotatable bonds is 10. The maximum atomic E-state index is 14.0. The van der Waals surface area contributed by atoms with Crippen LogP contribution in [0.25, 0.3) is 10.1 Å². The van der Waals surface area contributed by atoms with E-state index >= 15 is 0 Å². The second kappa shape index (κ2) is 12.4. The van der Waals surface area contributed by atoms with Gasteiger partial charge in [0.1, 0.15) is 16.4 Å². The van der Waals surface area contributed by atoms with Crippen molar-refractivity contribution in [3.05, 3.63) is 87.5 Å². The van der Waals surface area contributed by atoms with Crippen LogP contribution < -0.4 is 10.1 Å². The van der Waals surface area contributed by atoms with Crippen molar-refractivity contribution in [1.29, 1.82) is 0 Å². The lowest BCUT2D eigenvalue weighted by Crippen LogP contribution is -2.27. The van der Waals surface area contributed by atoms with Gasteiger partial charge in [0, 0.05) is 47.0 Å². The summed E-state index contributed by atoms with van der Waals surface area (Å²) in [5, 5.41) is 4.22. The zero-order valence-corrected chi connectivity index (χ0v) is 24.1. The zero-order chi connectivity index (χ0) is 29.1. The summed E-state index contributed by atoms with van der Waals surface area (Å²) in [6.07, 6.45) is 1.55. The molecular weight excluding hydrogens is 546 g/mol. The molecule has 1 fully saturated rings. The van der Waals surface area contributed by atoms with Crippen molar-refractivity contribution in [2.45, 2.75) is 32.7 Å². The van der Waals surface area contributed by atoms with Crippen LogP contribution in [0.2, 0.25) is 0 Å². The van der Waals surface area contributed by atoms with Gasteiger partial charge in [0.25, 0.3) is 0 Å². The van der Waals surface area contributed by atoms with E-state index in [0.29, 0.717) is 55.1 Å². The quantitative estimate of drug-likeness (QED) is 0.157. The van der Waals surface area contributed by atoms with Crippen LogP contribution in [0.4, 0.5) is 14.5 Å². The number of esters is 1. The topological polar surface area (TPSA) is 67.9 Å². The first-order chi connectivity index (χ1) is 19.8. The summed E-state index contributed by atoms with van der Waals surface area (Å²) in [6.45, 7) is 5.73. The van der Waals surface area contributed by atoms with Crippen LogP contribution in [0.5, 0.6) is 11.5 Å². The van der Waals surface area contributed by atoms with Crippen molar-refractivity contribution in [3.8, 4) is 11.5 Å². The molecule has 0 amide bonds. The number of methoxy groups -OCH3 is 1. The van der Waals surface area contributed by atoms with Crippen molar-refractivity contribution >= 4 is 38.9 Å². The minimum absolute atomic E-state index is 0.271. The molecular formula is C32H32F2N2O4S. The van der Waals surface area contributed by atoms with E-state index in [1.165, 1.54) is 30.6 Å². The van der Waals surface area contributed by atoms with E-state index in [-0.39, 0.29) is 18.5 Å². The van der Waals surface area contributed by atoms with Crippen molar-refractivity contribution in [2.24, 2.45) is 0 Å². The predicted molar refractivity (Wildman–Crippen MR) is 158 cm³/mol. The largest absolute Gasteiger partial charge is 0.465 e. The number of anilines is 1. The molecule has 1 atom stereocenters. The Bertz CT molecular complexity index is 1560. The third-order valence-electron chi connectivity index (χ3n) is 7.32. The molecule has 0 spiro atoms. The van der Waals surface area contributed by atoms with E-state index < -0.39 is 11.8 Å². The molecule has 0 radical (unpaired) electrons. The zero-order valence-electron chi connectivity index (χ0n) is 23.3. The average Bonchev–Trinajstić information content (AvgIpc) is 3.55. The Morgan fingerprint density at radius 1 is 1.07 bits per heavy atom. The molecule has 6 nitrogen and oxygen atoms in total. The predicted octanol–water partition coefficient (Wildman–Crippen LogP) is 7.31. The van der Waals surface area contributed by atoms with Gasteiger partial charge in [-0.25, -0.2) is 9.18 Å². The van der Waals surface area contributed by atoms with Crippen molar-refractivity contribution in [3.63, 3.8) is 0 Å². The summed E-state index contributed by atoms with van der Waals surface area (Å²) in [5.41, 5.74) is 2.81. The maximum Gasteiger partial charge on any atom is 0.337 e. The number of aryl methyl sites for hydroxylation is 2. The number of hydrogen-bond acceptors (Lipinski definition) is 7. The maximum absolute atomic E-state index is 14.0. The van der Waals surface area contributed by atoms with E-state index in [1.807, 2.05) is 24.3 Å². The number of ether oxygens (including phenoxy) is 2. The molecule has 5 rings (SSSR count). The van der Waals surface area contributed by atoms with Crippen LogP contribution in [0.15, 0.2) is 54.6 Å². The lowest BCUT2D eigenvalue weighted by Gasteiger charge is -2.17. The van der Waals surface area contributed by atoms with Gasteiger partial charge in [-0.1, -0.05) is 0 Å². The summed E-state index contributed by atoms with van der Waals surface area (Å²) in [7, 11) is 1.32. The number of hydrogen-bond donors (Lipinski definition) is 1. The highest BCUT2D eigenvalue weighted by Crippen LogP contribution is 2.42. The Balaban J connectivity index is 1.44. The first-order valence-corrected chi connectivity index (χ1v) is 14.4. The third-order valence-corrected chi connectivity index (χ3v) is 8.45. The minimum atomic E-state index is -0.475. The number of benzene rings is 3. The fourth-order valence-corrected chi connectivity index (χ4v) is 6.48. The molecule has 1 N–H and O–H groups in total. The Kier molecular flexibility index (Phi) is 8.65. The molecule has 3 aromatic carbocycles. The van der Waals surface area contributed by atoms with Crippen LogP contribution in [0, 0.1) is 19.7 Å². The molecule has 41 heavy (non-hydrogen) atoms. The van der Waals surface area contributed by atoms with Gasteiger partial charge >= 0.3 is 5.97 Å². The summed E-state index contributed by atoms with van der Waals surface area (Å²) in [5.74, 6) is -0.213. The standard InChI is InChI=1S/C32H32F2N2O4S/c1-19-15-22(34)16-20(2)28(19)29(37)31-30(26-10-5-21(32(38)39-3)17-27(26)41-31)40-25-8-6-23(7-9-25)35-24-11-14-36(18-24)13-4-12-33/h5-10,15-17,24,35H,4,11-14,18H2,1-3H3/t24-/m0/s1. The SMILES string of the molecule is COC(=O)c1ccc2c(Oc3ccc(N[C@H]4CCN(CCCF)C4)cc3)c(C(=O)c3c(C)cc(F)cc3C)sc2c1. The number of halogens is 2. The lowest BCUT2D eigenvalue weighted by atomic mass is 9.97. The molecule has 0 aliphatic carbocycles. The van der Waals surface area contributed by atoms with Crippen LogP contribution in [-0.4, -0.2) is 56.1 Å². The molecule has 1 aliphatic heterocycles. The van der Waals surface area contributed by atoms with Gasteiger partial charge in [0.2, 0.25) is 5.78 Å².